The lowest BCUT2D eigenvalue weighted by Crippen LogP contribution is -2.08. The Labute approximate surface area is 115 Å². The van der Waals surface area contributed by atoms with Crippen LogP contribution in [0.2, 0.25) is 5.15 Å². The Balaban J connectivity index is 1.80. The van der Waals surface area contributed by atoms with Crippen molar-refractivity contribution in [2.24, 2.45) is 5.92 Å². The number of aryl methyl sites for hydroxylation is 1. The topological polar surface area (TPSA) is 45.8 Å². The number of carbonyl (C=O) groups excluding carboxylic acids is 1. The molecule has 2 atom stereocenters. The summed E-state index contributed by atoms with van der Waals surface area (Å²) in [5.74, 6) is 1.11. The van der Waals surface area contributed by atoms with Crippen molar-refractivity contribution in [2.45, 2.75) is 25.2 Å². The van der Waals surface area contributed by atoms with E-state index in [1.165, 1.54) is 16.8 Å². The highest BCUT2D eigenvalue weighted by molar-refractivity contribution is 6.29. The number of carbonyl (C=O) groups is 1. The first-order chi connectivity index (χ1) is 9.24. The number of rotatable bonds is 0. The largest absolute Gasteiger partial charge is 0.357 e. The van der Waals surface area contributed by atoms with Gasteiger partial charge in [-0.05, 0) is 36.5 Å². The summed E-state index contributed by atoms with van der Waals surface area (Å²) in [4.78, 5) is 20.0. The van der Waals surface area contributed by atoms with Crippen molar-refractivity contribution in [1.29, 1.82) is 0 Å². The lowest BCUT2D eigenvalue weighted by Gasteiger charge is -2.17. The summed E-state index contributed by atoms with van der Waals surface area (Å²) in [5.41, 5.74) is 6.84. The zero-order chi connectivity index (χ0) is 12.7. The number of H-pyrrole nitrogens is 1. The lowest BCUT2D eigenvalue weighted by atomic mass is 9.89. The summed E-state index contributed by atoms with van der Waals surface area (Å²) >= 11 is 6.01. The van der Waals surface area contributed by atoms with Crippen molar-refractivity contribution >= 4 is 17.4 Å². The summed E-state index contributed by atoms with van der Waals surface area (Å²) in [6.07, 6.45) is 4.77. The number of hydrogen-bond donors (Lipinski definition) is 1. The number of halogens is 1. The van der Waals surface area contributed by atoms with Gasteiger partial charge in [-0.15, -0.1) is 0 Å². The van der Waals surface area contributed by atoms with Crippen LogP contribution in [0.5, 0.6) is 0 Å². The monoisotopic (exact) mass is 270 g/mol. The Bertz CT molecular complexity index is 762. The molecule has 0 spiro atoms. The van der Waals surface area contributed by atoms with Gasteiger partial charge in [0.1, 0.15) is 5.15 Å². The highest BCUT2D eigenvalue weighted by Gasteiger charge is 2.54. The van der Waals surface area contributed by atoms with E-state index in [-0.39, 0.29) is 5.92 Å². The Morgan fingerprint density at radius 3 is 3.11 bits per heavy atom. The Kier molecular flexibility index (Phi) is 1.67. The molecule has 3 nitrogen and oxygen atoms in total. The van der Waals surface area contributed by atoms with E-state index in [2.05, 4.69) is 9.97 Å². The van der Waals surface area contributed by atoms with Crippen LogP contribution in [-0.4, -0.2) is 15.8 Å². The molecule has 0 aliphatic heterocycles. The standard InChI is InChI=1S/C15H11ClN2O/c16-11-4-8-6(5-17-11)1-2-7-12-14(18-13(7)8)9-3-10(9)15(12)19/h4-5,9-10,18H,1-3H2. The van der Waals surface area contributed by atoms with Crippen molar-refractivity contribution in [3.05, 3.63) is 39.8 Å². The molecule has 2 aromatic heterocycles. The van der Waals surface area contributed by atoms with Gasteiger partial charge in [0.2, 0.25) is 0 Å². The normalized spacial score (nSPS) is 25.6. The molecule has 0 aromatic carbocycles. The molecule has 1 N–H and O–H groups in total. The van der Waals surface area contributed by atoms with Gasteiger partial charge in [-0.25, -0.2) is 4.98 Å². The number of hydrogen-bond acceptors (Lipinski definition) is 2. The molecule has 3 aliphatic rings. The molecule has 2 aromatic rings. The van der Waals surface area contributed by atoms with Crippen LogP contribution in [-0.2, 0) is 12.8 Å². The number of nitrogens with one attached hydrogen (secondary N) is 1. The second-order valence-corrected chi connectivity index (χ2v) is 6.13. The number of pyridine rings is 1. The van der Waals surface area contributed by atoms with Gasteiger partial charge in [-0.3, -0.25) is 4.79 Å². The molecule has 4 heteroatoms. The average Bonchev–Trinajstić information content (AvgIpc) is 3.03. The van der Waals surface area contributed by atoms with Crippen molar-refractivity contribution in [3.8, 4) is 11.3 Å². The summed E-state index contributed by atoms with van der Waals surface area (Å²) in [6.45, 7) is 0. The molecule has 1 saturated carbocycles. The Morgan fingerprint density at radius 2 is 2.21 bits per heavy atom. The van der Waals surface area contributed by atoms with E-state index in [9.17, 15) is 4.79 Å². The molecule has 5 rings (SSSR count). The lowest BCUT2D eigenvalue weighted by molar-refractivity contribution is 0.0973. The van der Waals surface area contributed by atoms with E-state index in [0.717, 1.165) is 36.1 Å². The van der Waals surface area contributed by atoms with Gasteiger partial charge in [0.15, 0.2) is 5.78 Å². The number of aromatic nitrogens is 2. The first kappa shape index (κ1) is 10.2. The van der Waals surface area contributed by atoms with Crippen LogP contribution < -0.4 is 0 Å². The molecular formula is C15H11ClN2O. The van der Waals surface area contributed by atoms with Gasteiger partial charge < -0.3 is 4.98 Å². The third-order valence-corrected chi connectivity index (χ3v) is 4.95. The van der Waals surface area contributed by atoms with Crippen molar-refractivity contribution in [2.75, 3.05) is 0 Å². The van der Waals surface area contributed by atoms with Crippen LogP contribution in [0.3, 0.4) is 0 Å². The minimum Gasteiger partial charge on any atom is -0.357 e. The van der Waals surface area contributed by atoms with Crippen LogP contribution in [0.15, 0.2) is 12.3 Å². The molecule has 0 radical (unpaired) electrons. The van der Waals surface area contributed by atoms with Crippen LogP contribution >= 0.6 is 11.6 Å². The number of nitrogens with zero attached hydrogens (tertiary/aromatic N) is 1. The third-order valence-electron chi connectivity index (χ3n) is 4.74. The SMILES string of the molecule is O=C1c2c([nH]c3c2CCc2cnc(Cl)cc2-3)C2CC12. The summed E-state index contributed by atoms with van der Waals surface area (Å²) < 4.78 is 0. The molecule has 3 aliphatic carbocycles. The fourth-order valence-corrected chi connectivity index (χ4v) is 3.90. The summed E-state index contributed by atoms with van der Waals surface area (Å²) in [7, 11) is 0. The van der Waals surface area contributed by atoms with Crippen molar-refractivity contribution < 1.29 is 4.79 Å². The first-order valence-electron chi connectivity index (χ1n) is 6.68. The van der Waals surface area contributed by atoms with E-state index in [0.29, 0.717) is 16.9 Å². The van der Waals surface area contributed by atoms with E-state index < -0.39 is 0 Å². The van der Waals surface area contributed by atoms with Crippen LogP contribution in [0.4, 0.5) is 0 Å². The second kappa shape index (κ2) is 3.10. The van der Waals surface area contributed by atoms with E-state index in [4.69, 9.17) is 11.6 Å². The Hall–Kier alpha value is -1.61. The van der Waals surface area contributed by atoms with E-state index in [1.54, 1.807) is 0 Å². The maximum absolute atomic E-state index is 12.3. The zero-order valence-corrected chi connectivity index (χ0v) is 10.9. The molecule has 19 heavy (non-hydrogen) atoms. The van der Waals surface area contributed by atoms with Crippen LogP contribution in [0, 0.1) is 5.92 Å². The third kappa shape index (κ3) is 1.15. The zero-order valence-electron chi connectivity index (χ0n) is 10.2. The Morgan fingerprint density at radius 1 is 1.32 bits per heavy atom. The van der Waals surface area contributed by atoms with Crippen molar-refractivity contribution in [1.82, 2.24) is 9.97 Å². The van der Waals surface area contributed by atoms with Crippen LogP contribution in [0.25, 0.3) is 11.3 Å². The first-order valence-corrected chi connectivity index (χ1v) is 7.05. The van der Waals surface area contributed by atoms with Crippen LogP contribution in [0.1, 0.15) is 39.5 Å². The van der Waals surface area contributed by atoms with E-state index in [1.807, 2.05) is 12.3 Å². The van der Waals surface area contributed by atoms with Gasteiger partial charge in [0, 0.05) is 34.9 Å². The number of aromatic amines is 1. The van der Waals surface area contributed by atoms with Gasteiger partial charge in [0.25, 0.3) is 0 Å². The smallest absolute Gasteiger partial charge is 0.168 e. The average molecular weight is 271 g/mol. The number of fused-ring (bicyclic) bond motifs is 7. The second-order valence-electron chi connectivity index (χ2n) is 5.74. The highest BCUT2D eigenvalue weighted by atomic mass is 35.5. The van der Waals surface area contributed by atoms with Crippen molar-refractivity contribution in [3.63, 3.8) is 0 Å². The molecule has 1 fully saturated rings. The maximum Gasteiger partial charge on any atom is 0.168 e. The van der Waals surface area contributed by atoms with Gasteiger partial charge in [-0.1, -0.05) is 11.6 Å². The molecule has 0 bridgehead atoms. The summed E-state index contributed by atoms with van der Waals surface area (Å²) in [5, 5.41) is 0.511. The maximum atomic E-state index is 12.3. The fraction of sp³-hybridized carbons (Fsp3) is 0.333. The van der Waals surface area contributed by atoms with Gasteiger partial charge in [-0.2, -0.15) is 0 Å². The fourth-order valence-electron chi connectivity index (χ4n) is 3.74. The molecule has 2 unspecified atom stereocenters. The predicted molar refractivity (Wildman–Crippen MR) is 71.6 cm³/mol. The molecule has 2 heterocycles. The highest BCUT2D eigenvalue weighted by Crippen LogP contribution is 2.58. The number of Topliss-reactive ketones (excluding diaryl/α,β-unsaturated/α-hetero) is 1. The minimum atomic E-state index is 0.286. The van der Waals surface area contributed by atoms with E-state index >= 15 is 0 Å². The molecule has 0 saturated heterocycles. The number of ketones is 1. The minimum absolute atomic E-state index is 0.286. The summed E-state index contributed by atoms with van der Waals surface area (Å²) in [6, 6.07) is 1.91. The molecular weight excluding hydrogens is 260 g/mol. The predicted octanol–water partition coefficient (Wildman–Crippen LogP) is 3.13. The molecule has 0 amide bonds. The quantitative estimate of drug-likeness (QED) is 0.748. The molecule has 94 valence electrons. The van der Waals surface area contributed by atoms with Gasteiger partial charge in [0.05, 0.1) is 5.69 Å². The van der Waals surface area contributed by atoms with Gasteiger partial charge >= 0.3 is 0 Å².